The number of carbonyl (C=O) groups excluding carboxylic acids is 1. The molecule has 1 N–H and O–H groups in total. The van der Waals surface area contributed by atoms with Crippen LogP contribution in [0.4, 0.5) is 0 Å². The minimum absolute atomic E-state index is 0.0617. The van der Waals surface area contributed by atoms with Gasteiger partial charge < -0.3 is 14.4 Å². The van der Waals surface area contributed by atoms with Gasteiger partial charge in [-0.05, 0) is 25.5 Å². The number of nitrogens with zero attached hydrogens (tertiary/aromatic N) is 1. The lowest BCUT2D eigenvalue weighted by molar-refractivity contribution is -0.147. The van der Waals surface area contributed by atoms with Crippen LogP contribution in [0.1, 0.15) is 23.7 Å². The summed E-state index contributed by atoms with van der Waals surface area (Å²) in [5.41, 5.74) is -1.31. The maximum Gasteiger partial charge on any atom is 0.349 e. The van der Waals surface area contributed by atoms with Gasteiger partial charge in [0.25, 0.3) is 5.91 Å². The van der Waals surface area contributed by atoms with E-state index in [1.54, 1.807) is 31.2 Å². The van der Waals surface area contributed by atoms with Gasteiger partial charge >= 0.3 is 11.6 Å². The zero-order chi connectivity index (χ0) is 15.9. The third-order valence-corrected chi connectivity index (χ3v) is 4.15. The van der Waals surface area contributed by atoms with E-state index in [1.165, 1.54) is 11.0 Å². The Balaban J connectivity index is 1.95. The van der Waals surface area contributed by atoms with E-state index in [0.717, 1.165) is 0 Å². The number of amides is 1. The van der Waals surface area contributed by atoms with Crippen molar-refractivity contribution >= 4 is 22.8 Å². The highest BCUT2D eigenvalue weighted by molar-refractivity contribution is 5.97. The summed E-state index contributed by atoms with van der Waals surface area (Å²) in [6.45, 7) is 2.01. The quantitative estimate of drug-likeness (QED) is 0.853. The lowest BCUT2D eigenvalue weighted by Gasteiger charge is -2.19. The van der Waals surface area contributed by atoms with Crippen LogP contribution in [0.15, 0.2) is 39.5 Å². The lowest BCUT2D eigenvalue weighted by Crippen LogP contribution is -2.36. The number of fused-ring (bicyclic) bond motifs is 1. The van der Waals surface area contributed by atoms with E-state index in [-0.39, 0.29) is 12.1 Å². The molecule has 0 spiro atoms. The van der Waals surface area contributed by atoms with E-state index in [2.05, 4.69) is 0 Å². The normalized spacial score (nSPS) is 21.2. The van der Waals surface area contributed by atoms with Crippen LogP contribution in [0.3, 0.4) is 0 Å². The average molecular weight is 301 g/mol. The highest BCUT2D eigenvalue weighted by atomic mass is 16.4. The van der Waals surface area contributed by atoms with E-state index in [9.17, 15) is 19.5 Å². The fourth-order valence-electron chi connectivity index (χ4n) is 2.69. The topological polar surface area (TPSA) is 87.8 Å². The Morgan fingerprint density at radius 2 is 2.05 bits per heavy atom. The van der Waals surface area contributed by atoms with Crippen LogP contribution < -0.4 is 5.63 Å². The van der Waals surface area contributed by atoms with Gasteiger partial charge in [-0.1, -0.05) is 18.2 Å². The fraction of sp³-hybridized carbons (Fsp3) is 0.312. The Morgan fingerprint density at radius 3 is 2.73 bits per heavy atom. The van der Waals surface area contributed by atoms with Gasteiger partial charge in [-0.25, -0.2) is 4.79 Å². The summed E-state index contributed by atoms with van der Waals surface area (Å²) in [6.07, 6.45) is 0.368. The van der Waals surface area contributed by atoms with Gasteiger partial charge in [0.15, 0.2) is 0 Å². The predicted octanol–water partition coefficient (Wildman–Crippen LogP) is 1.73. The molecule has 22 heavy (non-hydrogen) atoms. The van der Waals surface area contributed by atoms with Crippen LogP contribution in [0.2, 0.25) is 0 Å². The zero-order valence-electron chi connectivity index (χ0n) is 12.0. The second kappa shape index (κ2) is 4.98. The van der Waals surface area contributed by atoms with Crippen LogP contribution in [0.25, 0.3) is 11.0 Å². The van der Waals surface area contributed by atoms with Crippen molar-refractivity contribution in [3.8, 4) is 0 Å². The van der Waals surface area contributed by atoms with Gasteiger partial charge in [-0.2, -0.15) is 0 Å². The summed E-state index contributed by atoms with van der Waals surface area (Å²) in [5.74, 6) is -1.42. The largest absolute Gasteiger partial charge is 0.481 e. The summed E-state index contributed by atoms with van der Waals surface area (Å²) in [7, 11) is 0. The van der Waals surface area contributed by atoms with E-state index < -0.39 is 22.9 Å². The van der Waals surface area contributed by atoms with Gasteiger partial charge in [0, 0.05) is 18.5 Å². The molecule has 0 aliphatic carbocycles. The molecule has 1 aromatic carbocycles. The highest BCUT2D eigenvalue weighted by Gasteiger charge is 2.42. The number of carbonyl (C=O) groups is 2. The first-order valence-corrected chi connectivity index (χ1v) is 6.96. The number of hydrogen-bond donors (Lipinski definition) is 1. The minimum atomic E-state index is -0.966. The second-order valence-corrected chi connectivity index (χ2v) is 5.83. The van der Waals surface area contributed by atoms with Crippen LogP contribution in [-0.4, -0.2) is 35.0 Å². The molecule has 1 fully saturated rings. The number of hydrogen-bond acceptors (Lipinski definition) is 4. The van der Waals surface area contributed by atoms with Crippen molar-refractivity contribution in [2.45, 2.75) is 13.3 Å². The molecule has 1 aliphatic rings. The number of benzene rings is 1. The van der Waals surface area contributed by atoms with E-state index in [0.29, 0.717) is 23.9 Å². The van der Waals surface area contributed by atoms with Crippen molar-refractivity contribution in [2.24, 2.45) is 5.41 Å². The Bertz CT molecular complexity index is 825. The molecule has 1 aromatic heterocycles. The molecular formula is C16H15NO5. The third-order valence-electron chi connectivity index (χ3n) is 4.15. The van der Waals surface area contributed by atoms with Gasteiger partial charge in [0.05, 0.1) is 5.41 Å². The van der Waals surface area contributed by atoms with Gasteiger partial charge in [0.1, 0.15) is 11.1 Å². The van der Waals surface area contributed by atoms with E-state index in [1.807, 2.05) is 0 Å². The Morgan fingerprint density at radius 1 is 1.32 bits per heavy atom. The number of para-hydroxylation sites is 1. The molecule has 3 rings (SSSR count). The van der Waals surface area contributed by atoms with Crippen molar-refractivity contribution in [3.05, 3.63) is 46.3 Å². The van der Waals surface area contributed by atoms with Crippen molar-refractivity contribution in [3.63, 3.8) is 0 Å². The first kappa shape index (κ1) is 14.3. The molecular weight excluding hydrogens is 286 g/mol. The predicted molar refractivity (Wildman–Crippen MR) is 78.7 cm³/mol. The van der Waals surface area contributed by atoms with Crippen molar-refractivity contribution < 1.29 is 19.1 Å². The Labute approximate surface area is 126 Å². The Kier molecular flexibility index (Phi) is 3.24. The molecule has 1 aliphatic heterocycles. The number of aliphatic carboxylic acids is 1. The molecule has 0 saturated carbocycles. The molecule has 6 heteroatoms. The zero-order valence-corrected chi connectivity index (χ0v) is 12.0. The molecule has 0 bridgehead atoms. The minimum Gasteiger partial charge on any atom is -0.481 e. The van der Waals surface area contributed by atoms with Crippen LogP contribution in [0, 0.1) is 5.41 Å². The second-order valence-electron chi connectivity index (χ2n) is 5.83. The molecule has 0 radical (unpaired) electrons. The summed E-state index contributed by atoms with van der Waals surface area (Å²) >= 11 is 0. The first-order valence-electron chi connectivity index (χ1n) is 6.96. The smallest absolute Gasteiger partial charge is 0.349 e. The van der Waals surface area contributed by atoms with Gasteiger partial charge in [-0.15, -0.1) is 0 Å². The molecule has 1 unspecified atom stereocenters. The van der Waals surface area contributed by atoms with Crippen LogP contribution in [-0.2, 0) is 4.79 Å². The number of carboxylic acids is 1. The summed E-state index contributed by atoms with van der Waals surface area (Å²) in [6, 6.07) is 8.43. The van der Waals surface area contributed by atoms with Gasteiger partial charge in [-0.3, -0.25) is 9.59 Å². The number of rotatable bonds is 2. The van der Waals surface area contributed by atoms with Crippen molar-refractivity contribution in [2.75, 3.05) is 13.1 Å². The maximum atomic E-state index is 12.5. The summed E-state index contributed by atoms with van der Waals surface area (Å²) in [5, 5.41) is 9.88. The molecule has 6 nitrogen and oxygen atoms in total. The number of carboxylic acid groups (broad SMARTS) is 1. The molecule has 114 valence electrons. The SMILES string of the molecule is CC1(C(=O)O)CCN(C(=O)c2cc3ccccc3oc2=O)C1. The van der Waals surface area contributed by atoms with E-state index >= 15 is 0 Å². The van der Waals surface area contributed by atoms with Crippen molar-refractivity contribution in [1.29, 1.82) is 0 Å². The standard InChI is InChI=1S/C16H15NO5/c1-16(15(20)21)6-7-17(9-16)13(18)11-8-10-4-2-3-5-12(10)22-14(11)19/h2-5,8H,6-7,9H2,1H3,(H,20,21). The molecule has 1 saturated heterocycles. The van der Waals surface area contributed by atoms with Crippen LogP contribution >= 0.6 is 0 Å². The van der Waals surface area contributed by atoms with E-state index in [4.69, 9.17) is 4.42 Å². The third kappa shape index (κ3) is 2.26. The molecule has 2 heterocycles. The Hall–Kier alpha value is -2.63. The molecule has 1 amide bonds. The monoisotopic (exact) mass is 301 g/mol. The summed E-state index contributed by atoms with van der Waals surface area (Å²) in [4.78, 5) is 37.1. The first-order chi connectivity index (χ1) is 10.4. The van der Waals surface area contributed by atoms with Crippen LogP contribution in [0.5, 0.6) is 0 Å². The highest BCUT2D eigenvalue weighted by Crippen LogP contribution is 2.30. The molecule has 2 aromatic rings. The summed E-state index contributed by atoms with van der Waals surface area (Å²) < 4.78 is 5.15. The van der Waals surface area contributed by atoms with Gasteiger partial charge in [0.2, 0.25) is 0 Å². The fourth-order valence-corrected chi connectivity index (χ4v) is 2.69. The molecule has 1 atom stereocenters. The van der Waals surface area contributed by atoms with Crippen molar-refractivity contribution in [1.82, 2.24) is 4.90 Å². The average Bonchev–Trinajstić information content (AvgIpc) is 2.90. The maximum absolute atomic E-state index is 12.5. The number of likely N-dealkylation sites (tertiary alicyclic amines) is 1. The lowest BCUT2D eigenvalue weighted by atomic mass is 9.90.